The molecule has 0 bridgehead atoms. The van der Waals surface area contributed by atoms with E-state index in [1.54, 1.807) is 4.90 Å². The number of H-pyrrole nitrogens is 1. The van der Waals surface area contributed by atoms with E-state index in [1.807, 2.05) is 0 Å². The lowest BCUT2D eigenvalue weighted by Crippen LogP contribution is -2.37. The lowest BCUT2D eigenvalue weighted by atomic mass is 10.2. The summed E-state index contributed by atoms with van der Waals surface area (Å²) in [6.45, 7) is 0.767. The number of carbonyl (C=O) groups is 1. The third-order valence-electron chi connectivity index (χ3n) is 2.58. The first-order valence-corrected chi connectivity index (χ1v) is 4.73. The smallest absolute Gasteiger partial charge is 0.272 e. The highest BCUT2D eigenvalue weighted by Crippen LogP contribution is 2.18. The molecular weight excluding hydrogens is 182 g/mol. The summed E-state index contributed by atoms with van der Waals surface area (Å²) < 4.78 is 0. The molecule has 1 atom stereocenters. The minimum absolute atomic E-state index is 0.0224. The van der Waals surface area contributed by atoms with Crippen molar-refractivity contribution in [1.29, 1.82) is 0 Å². The fraction of sp³-hybridized carbons (Fsp3) is 0.556. The first-order chi connectivity index (χ1) is 6.83. The molecule has 5 nitrogen and oxygen atoms in total. The van der Waals surface area contributed by atoms with Crippen molar-refractivity contribution in [3.05, 3.63) is 18.2 Å². The average molecular weight is 195 g/mol. The van der Waals surface area contributed by atoms with Gasteiger partial charge in [-0.3, -0.25) is 4.79 Å². The number of aromatic amines is 1. The average Bonchev–Trinajstić information content (AvgIpc) is 2.87. The van der Waals surface area contributed by atoms with Gasteiger partial charge in [0.15, 0.2) is 0 Å². The van der Waals surface area contributed by atoms with Crippen molar-refractivity contribution in [3.8, 4) is 0 Å². The Kier molecular flexibility index (Phi) is 2.49. The molecule has 0 radical (unpaired) electrons. The zero-order valence-electron chi connectivity index (χ0n) is 7.81. The van der Waals surface area contributed by atoms with Gasteiger partial charge in [-0.15, -0.1) is 0 Å². The van der Waals surface area contributed by atoms with E-state index < -0.39 is 0 Å². The van der Waals surface area contributed by atoms with Crippen LogP contribution in [-0.2, 0) is 0 Å². The lowest BCUT2D eigenvalue weighted by Gasteiger charge is -2.21. The van der Waals surface area contributed by atoms with Gasteiger partial charge in [0, 0.05) is 6.54 Å². The summed E-state index contributed by atoms with van der Waals surface area (Å²) in [6.07, 6.45) is 4.84. The molecule has 1 saturated heterocycles. The molecule has 1 aromatic heterocycles. The van der Waals surface area contributed by atoms with Crippen molar-refractivity contribution in [2.24, 2.45) is 0 Å². The molecule has 0 saturated carbocycles. The molecule has 76 valence electrons. The third kappa shape index (κ3) is 1.50. The predicted molar refractivity (Wildman–Crippen MR) is 49.7 cm³/mol. The van der Waals surface area contributed by atoms with Crippen LogP contribution >= 0.6 is 0 Å². The summed E-state index contributed by atoms with van der Waals surface area (Å²) in [4.78, 5) is 20.1. The normalized spacial score (nSPS) is 21.5. The Morgan fingerprint density at radius 1 is 1.79 bits per heavy atom. The topological polar surface area (TPSA) is 69.2 Å². The van der Waals surface area contributed by atoms with Crippen LogP contribution in [-0.4, -0.2) is 45.1 Å². The maximum atomic E-state index is 11.8. The van der Waals surface area contributed by atoms with E-state index in [4.69, 9.17) is 5.11 Å². The summed E-state index contributed by atoms with van der Waals surface area (Å²) in [5.74, 6) is -0.0703. The van der Waals surface area contributed by atoms with Crippen LogP contribution in [0.5, 0.6) is 0 Å². The minimum Gasteiger partial charge on any atom is -0.394 e. The molecule has 5 heteroatoms. The van der Waals surface area contributed by atoms with Crippen LogP contribution in [0.15, 0.2) is 12.5 Å². The molecule has 0 aromatic carbocycles. The Hall–Kier alpha value is -1.36. The highest BCUT2D eigenvalue weighted by atomic mass is 16.3. The molecule has 1 aliphatic heterocycles. The molecule has 0 aliphatic carbocycles. The fourth-order valence-corrected chi connectivity index (χ4v) is 1.82. The number of likely N-dealkylation sites (tertiary alicyclic amines) is 1. The highest BCUT2D eigenvalue weighted by molar-refractivity contribution is 5.92. The summed E-state index contributed by atoms with van der Waals surface area (Å²) in [6, 6.07) is -0.0224. The Bertz CT molecular complexity index is 310. The van der Waals surface area contributed by atoms with Crippen molar-refractivity contribution < 1.29 is 9.90 Å². The number of imidazole rings is 1. The molecule has 2 N–H and O–H groups in total. The van der Waals surface area contributed by atoms with E-state index in [-0.39, 0.29) is 18.6 Å². The molecule has 2 heterocycles. The van der Waals surface area contributed by atoms with Gasteiger partial charge in [-0.05, 0) is 12.8 Å². The SMILES string of the molecule is O=C(c1cnc[nH]1)N1CCC[C@H]1CO. The second-order valence-corrected chi connectivity index (χ2v) is 3.44. The van der Waals surface area contributed by atoms with Gasteiger partial charge in [0.1, 0.15) is 5.69 Å². The fourth-order valence-electron chi connectivity index (χ4n) is 1.82. The molecule has 0 unspecified atom stereocenters. The summed E-state index contributed by atoms with van der Waals surface area (Å²) >= 11 is 0. The van der Waals surface area contributed by atoms with Crippen molar-refractivity contribution in [2.75, 3.05) is 13.2 Å². The Labute approximate surface area is 81.8 Å². The lowest BCUT2D eigenvalue weighted by molar-refractivity contribution is 0.0672. The van der Waals surface area contributed by atoms with Crippen LogP contribution in [0.3, 0.4) is 0 Å². The van der Waals surface area contributed by atoms with Crippen LogP contribution in [0.1, 0.15) is 23.3 Å². The van der Waals surface area contributed by atoms with Gasteiger partial charge in [0.2, 0.25) is 0 Å². The monoisotopic (exact) mass is 195 g/mol. The maximum Gasteiger partial charge on any atom is 0.272 e. The molecule has 1 aromatic rings. The van der Waals surface area contributed by atoms with E-state index in [0.29, 0.717) is 5.69 Å². The van der Waals surface area contributed by atoms with Crippen LogP contribution < -0.4 is 0 Å². The van der Waals surface area contributed by atoms with Gasteiger partial charge >= 0.3 is 0 Å². The molecule has 2 rings (SSSR count). The molecule has 1 amide bonds. The number of aliphatic hydroxyl groups is 1. The quantitative estimate of drug-likeness (QED) is 0.698. The zero-order valence-corrected chi connectivity index (χ0v) is 7.81. The van der Waals surface area contributed by atoms with Crippen LogP contribution in [0.4, 0.5) is 0 Å². The van der Waals surface area contributed by atoms with Gasteiger partial charge in [0.25, 0.3) is 5.91 Å². The predicted octanol–water partition coefficient (Wildman–Crippen LogP) is 0.00660. The first kappa shape index (κ1) is 9.21. The van der Waals surface area contributed by atoms with Crippen molar-refractivity contribution in [1.82, 2.24) is 14.9 Å². The number of nitrogens with one attached hydrogen (secondary N) is 1. The van der Waals surface area contributed by atoms with E-state index >= 15 is 0 Å². The number of carbonyl (C=O) groups excluding carboxylic acids is 1. The number of aliphatic hydroxyl groups excluding tert-OH is 1. The van der Waals surface area contributed by atoms with Crippen LogP contribution in [0.2, 0.25) is 0 Å². The Morgan fingerprint density at radius 2 is 2.64 bits per heavy atom. The number of hydrogen-bond donors (Lipinski definition) is 2. The van der Waals surface area contributed by atoms with Crippen LogP contribution in [0, 0.1) is 0 Å². The van der Waals surface area contributed by atoms with Crippen molar-refractivity contribution in [3.63, 3.8) is 0 Å². The number of aromatic nitrogens is 2. The number of rotatable bonds is 2. The van der Waals surface area contributed by atoms with Gasteiger partial charge in [-0.2, -0.15) is 0 Å². The second-order valence-electron chi connectivity index (χ2n) is 3.44. The van der Waals surface area contributed by atoms with Crippen molar-refractivity contribution >= 4 is 5.91 Å². The molecule has 0 spiro atoms. The zero-order chi connectivity index (χ0) is 9.97. The standard InChI is InChI=1S/C9H13N3O2/c13-5-7-2-1-3-12(7)9(14)8-4-10-6-11-8/h4,6-7,13H,1-3,5H2,(H,10,11)/t7-/m0/s1. The second kappa shape index (κ2) is 3.79. The molecule has 1 fully saturated rings. The van der Waals surface area contributed by atoms with Gasteiger partial charge in [-0.25, -0.2) is 4.98 Å². The van der Waals surface area contributed by atoms with Crippen LogP contribution in [0.25, 0.3) is 0 Å². The Balaban J connectivity index is 2.11. The van der Waals surface area contributed by atoms with E-state index in [2.05, 4.69) is 9.97 Å². The number of amides is 1. The molecule has 14 heavy (non-hydrogen) atoms. The Morgan fingerprint density at radius 3 is 3.29 bits per heavy atom. The molecular formula is C9H13N3O2. The van der Waals surface area contributed by atoms with E-state index in [1.165, 1.54) is 12.5 Å². The van der Waals surface area contributed by atoms with E-state index in [9.17, 15) is 4.79 Å². The van der Waals surface area contributed by atoms with E-state index in [0.717, 1.165) is 19.4 Å². The van der Waals surface area contributed by atoms with Gasteiger partial charge in [0.05, 0.1) is 25.2 Å². The third-order valence-corrected chi connectivity index (χ3v) is 2.58. The van der Waals surface area contributed by atoms with Gasteiger partial charge < -0.3 is 15.0 Å². The summed E-state index contributed by atoms with van der Waals surface area (Å²) in [5, 5.41) is 9.06. The number of nitrogens with zero attached hydrogens (tertiary/aromatic N) is 2. The van der Waals surface area contributed by atoms with Crippen molar-refractivity contribution in [2.45, 2.75) is 18.9 Å². The minimum atomic E-state index is -0.0703. The number of hydrogen-bond acceptors (Lipinski definition) is 3. The highest BCUT2D eigenvalue weighted by Gasteiger charge is 2.29. The largest absolute Gasteiger partial charge is 0.394 e. The molecule has 1 aliphatic rings. The summed E-state index contributed by atoms with van der Waals surface area (Å²) in [5.41, 5.74) is 0.491. The summed E-state index contributed by atoms with van der Waals surface area (Å²) in [7, 11) is 0. The first-order valence-electron chi connectivity index (χ1n) is 4.73. The van der Waals surface area contributed by atoms with Gasteiger partial charge in [-0.1, -0.05) is 0 Å². The maximum absolute atomic E-state index is 11.8.